The minimum absolute atomic E-state index is 0.573. The maximum Gasteiger partial charge on any atom is 0.119 e. The highest BCUT2D eigenvalue weighted by molar-refractivity contribution is 5.29. The Bertz CT molecular complexity index is 457. The molecular formula is C17H20O. The fraction of sp³-hybridized carbons (Fsp3) is 0.294. The third kappa shape index (κ3) is 3.63. The van der Waals surface area contributed by atoms with E-state index in [-0.39, 0.29) is 0 Å². The Kier molecular flexibility index (Phi) is 4.40. The van der Waals surface area contributed by atoms with Crippen LogP contribution in [0.25, 0.3) is 0 Å². The lowest BCUT2D eigenvalue weighted by Crippen LogP contribution is -2.01. The average molecular weight is 240 g/mol. The first kappa shape index (κ1) is 12.7. The van der Waals surface area contributed by atoms with E-state index in [9.17, 15) is 0 Å². The van der Waals surface area contributed by atoms with Crippen molar-refractivity contribution in [2.45, 2.75) is 26.2 Å². The zero-order valence-electron chi connectivity index (χ0n) is 11.1. The molecule has 0 N–H and O–H groups in total. The van der Waals surface area contributed by atoms with Crippen LogP contribution >= 0.6 is 0 Å². The molecule has 1 nitrogen and oxygen atoms in total. The molecule has 0 aromatic heterocycles. The van der Waals surface area contributed by atoms with E-state index in [1.54, 1.807) is 0 Å². The average Bonchev–Trinajstić information content (AvgIpc) is 2.40. The van der Waals surface area contributed by atoms with Gasteiger partial charge in [-0.15, -0.1) is 0 Å². The Morgan fingerprint density at radius 2 is 1.56 bits per heavy atom. The fourth-order valence-electron chi connectivity index (χ4n) is 1.88. The largest absolute Gasteiger partial charge is 0.493 e. The van der Waals surface area contributed by atoms with E-state index in [4.69, 9.17) is 4.74 Å². The SMILES string of the molecule is CC(C)c1ccc(OCCc2ccccc2)cc1. The van der Waals surface area contributed by atoms with Gasteiger partial charge in [0.15, 0.2) is 0 Å². The Balaban J connectivity index is 1.83. The molecule has 0 atom stereocenters. The second kappa shape index (κ2) is 6.25. The third-order valence-electron chi connectivity index (χ3n) is 3.05. The molecule has 0 aliphatic carbocycles. The summed E-state index contributed by atoms with van der Waals surface area (Å²) in [6.07, 6.45) is 0.951. The summed E-state index contributed by atoms with van der Waals surface area (Å²) in [5.74, 6) is 1.53. The summed E-state index contributed by atoms with van der Waals surface area (Å²) in [4.78, 5) is 0. The second-order valence-electron chi connectivity index (χ2n) is 4.81. The molecule has 0 amide bonds. The van der Waals surface area contributed by atoms with Crippen molar-refractivity contribution in [3.8, 4) is 5.75 Å². The van der Waals surface area contributed by atoms with Crippen LogP contribution in [0.15, 0.2) is 54.6 Å². The van der Waals surface area contributed by atoms with Crippen molar-refractivity contribution in [3.05, 3.63) is 65.7 Å². The van der Waals surface area contributed by atoms with Crippen LogP contribution in [0.3, 0.4) is 0 Å². The number of hydrogen-bond acceptors (Lipinski definition) is 1. The number of benzene rings is 2. The van der Waals surface area contributed by atoms with Crippen molar-refractivity contribution in [2.24, 2.45) is 0 Å². The van der Waals surface area contributed by atoms with Gasteiger partial charge in [0.1, 0.15) is 5.75 Å². The summed E-state index contributed by atoms with van der Waals surface area (Å²) in [6, 6.07) is 18.8. The molecular weight excluding hydrogens is 220 g/mol. The maximum atomic E-state index is 5.74. The van der Waals surface area contributed by atoms with Gasteiger partial charge in [-0.3, -0.25) is 0 Å². The van der Waals surface area contributed by atoms with E-state index < -0.39 is 0 Å². The summed E-state index contributed by atoms with van der Waals surface area (Å²) in [6.45, 7) is 5.13. The van der Waals surface area contributed by atoms with E-state index in [2.05, 4.69) is 62.4 Å². The summed E-state index contributed by atoms with van der Waals surface area (Å²) in [5, 5.41) is 0. The van der Waals surface area contributed by atoms with Crippen molar-refractivity contribution in [3.63, 3.8) is 0 Å². The molecule has 0 aliphatic heterocycles. The van der Waals surface area contributed by atoms with Crippen LogP contribution in [0.1, 0.15) is 30.9 Å². The van der Waals surface area contributed by atoms with E-state index in [1.807, 2.05) is 6.07 Å². The molecule has 0 aliphatic rings. The molecule has 0 fully saturated rings. The quantitative estimate of drug-likeness (QED) is 0.751. The first-order valence-electron chi connectivity index (χ1n) is 6.52. The highest BCUT2D eigenvalue weighted by atomic mass is 16.5. The molecule has 18 heavy (non-hydrogen) atoms. The van der Waals surface area contributed by atoms with Crippen LogP contribution in [0, 0.1) is 0 Å². The fourth-order valence-corrected chi connectivity index (χ4v) is 1.88. The molecule has 0 radical (unpaired) electrons. The van der Waals surface area contributed by atoms with Gasteiger partial charge >= 0.3 is 0 Å². The Morgan fingerprint density at radius 1 is 0.889 bits per heavy atom. The van der Waals surface area contributed by atoms with Crippen LogP contribution in [0.4, 0.5) is 0 Å². The summed E-state index contributed by atoms with van der Waals surface area (Å²) in [5.41, 5.74) is 2.67. The van der Waals surface area contributed by atoms with Crippen molar-refractivity contribution < 1.29 is 4.74 Å². The number of rotatable bonds is 5. The predicted octanol–water partition coefficient (Wildman–Crippen LogP) is 4.43. The first-order valence-corrected chi connectivity index (χ1v) is 6.52. The first-order chi connectivity index (χ1) is 8.75. The van der Waals surface area contributed by atoms with E-state index >= 15 is 0 Å². The lowest BCUT2D eigenvalue weighted by Gasteiger charge is -2.09. The molecule has 94 valence electrons. The highest BCUT2D eigenvalue weighted by Gasteiger charge is 1.99. The minimum Gasteiger partial charge on any atom is -0.493 e. The van der Waals surface area contributed by atoms with Gasteiger partial charge in [-0.05, 0) is 29.2 Å². The number of ether oxygens (including phenoxy) is 1. The monoisotopic (exact) mass is 240 g/mol. The van der Waals surface area contributed by atoms with Gasteiger partial charge in [0.05, 0.1) is 6.61 Å². The molecule has 0 bridgehead atoms. The van der Waals surface area contributed by atoms with Crippen molar-refractivity contribution in [1.82, 2.24) is 0 Å². The van der Waals surface area contributed by atoms with Crippen molar-refractivity contribution in [2.75, 3.05) is 6.61 Å². The van der Waals surface area contributed by atoms with Gasteiger partial charge in [-0.1, -0.05) is 56.3 Å². The molecule has 0 saturated heterocycles. The Hall–Kier alpha value is -1.76. The van der Waals surface area contributed by atoms with Gasteiger partial charge in [-0.2, -0.15) is 0 Å². The Morgan fingerprint density at radius 3 is 2.17 bits per heavy atom. The molecule has 2 aromatic carbocycles. The van der Waals surface area contributed by atoms with Gasteiger partial charge in [0.25, 0.3) is 0 Å². The van der Waals surface area contributed by atoms with Crippen LogP contribution < -0.4 is 4.74 Å². The normalized spacial score (nSPS) is 10.6. The zero-order chi connectivity index (χ0) is 12.8. The van der Waals surface area contributed by atoms with Crippen molar-refractivity contribution >= 4 is 0 Å². The molecule has 2 aromatic rings. The topological polar surface area (TPSA) is 9.23 Å². The summed E-state index contributed by atoms with van der Waals surface area (Å²) < 4.78 is 5.74. The van der Waals surface area contributed by atoms with E-state index in [1.165, 1.54) is 11.1 Å². The molecule has 0 heterocycles. The molecule has 0 spiro atoms. The van der Waals surface area contributed by atoms with Gasteiger partial charge in [-0.25, -0.2) is 0 Å². The number of hydrogen-bond donors (Lipinski definition) is 0. The molecule has 1 heteroatoms. The van der Waals surface area contributed by atoms with Gasteiger partial charge in [0.2, 0.25) is 0 Å². The molecule has 2 rings (SSSR count). The predicted molar refractivity (Wildman–Crippen MR) is 76.2 cm³/mol. The molecule has 0 saturated carbocycles. The zero-order valence-corrected chi connectivity index (χ0v) is 11.1. The minimum atomic E-state index is 0.573. The van der Waals surface area contributed by atoms with E-state index in [0.29, 0.717) is 5.92 Å². The van der Waals surface area contributed by atoms with Gasteiger partial charge in [0, 0.05) is 6.42 Å². The van der Waals surface area contributed by atoms with Crippen LogP contribution in [-0.4, -0.2) is 6.61 Å². The standard InChI is InChI=1S/C17H20O/c1-14(2)16-8-10-17(11-9-16)18-13-12-15-6-4-3-5-7-15/h3-11,14H,12-13H2,1-2H3. The van der Waals surface area contributed by atoms with Crippen LogP contribution in [0.5, 0.6) is 5.75 Å². The smallest absolute Gasteiger partial charge is 0.119 e. The lowest BCUT2D eigenvalue weighted by atomic mass is 10.0. The lowest BCUT2D eigenvalue weighted by molar-refractivity contribution is 0.322. The van der Waals surface area contributed by atoms with Crippen LogP contribution in [-0.2, 0) is 6.42 Å². The Labute approximate surface area is 109 Å². The van der Waals surface area contributed by atoms with Gasteiger partial charge < -0.3 is 4.74 Å². The van der Waals surface area contributed by atoms with Crippen molar-refractivity contribution in [1.29, 1.82) is 0 Å². The summed E-state index contributed by atoms with van der Waals surface area (Å²) in [7, 11) is 0. The van der Waals surface area contributed by atoms with Crippen LogP contribution in [0.2, 0.25) is 0 Å². The second-order valence-corrected chi connectivity index (χ2v) is 4.81. The van der Waals surface area contributed by atoms with E-state index in [0.717, 1.165) is 18.8 Å². The molecule has 0 unspecified atom stereocenters. The maximum absolute atomic E-state index is 5.74. The summed E-state index contributed by atoms with van der Waals surface area (Å²) >= 11 is 0. The third-order valence-corrected chi connectivity index (χ3v) is 3.05. The highest BCUT2D eigenvalue weighted by Crippen LogP contribution is 2.18.